The quantitative estimate of drug-likeness (QED) is 0.179. The molecule has 4 heterocycles. The van der Waals surface area contributed by atoms with Gasteiger partial charge in [0.05, 0.1) is 22.2 Å². The average molecular weight is 672 g/mol. The van der Waals surface area contributed by atoms with Gasteiger partial charge < -0.3 is 4.57 Å². The van der Waals surface area contributed by atoms with Crippen molar-refractivity contribution in [3.63, 3.8) is 0 Å². The van der Waals surface area contributed by atoms with E-state index in [2.05, 4.69) is 181 Å². The molecule has 4 aromatic heterocycles. The van der Waals surface area contributed by atoms with E-state index in [0.717, 1.165) is 34.0 Å². The number of allylic oxidation sites excluding steroid dienone is 1. The number of aromatic nitrogens is 3. The molecular formula is C47H33N3S. The largest absolute Gasteiger partial charge is 0.307 e. The van der Waals surface area contributed by atoms with E-state index in [9.17, 15) is 0 Å². The highest BCUT2D eigenvalue weighted by molar-refractivity contribution is 7.25. The highest BCUT2D eigenvalue weighted by atomic mass is 32.1. The maximum atomic E-state index is 5.29. The predicted octanol–water partition coefficient (Wildman–Crippen LogP) is 13.2. The Morgan fingerprint density at radius 3 is 2.12 bits per heavy atom. The van der Waals surface area contributed by atoms with Gasteiger partial charge in [-0.15, -0.1) is 11.3 Å². The maximum absolute atomic E-state index is 5.29. The van der Waals surface area contributed by atoms with E-state index in [1.807, 2.05) is 17.4 Å². The monoisotopic (exact) mass is 671 g/mol. The van der Waals surface area contributed by atoms with Gasteiger partial charge in [-0.1, -0.05) is 115 Å². The molecule has 0 fully saturated rings. The van der Waals surface area contributed by atoms with Gasteiger partial charge in [0.25, 0.3) is 0 Å². The molecule has 4 heteroatoms. The molecule has 0 N–H and O–H groups in total. The molecule has 242 valence electrons. The van der Waals surface area contributed by atoms with Crippen molar-refractivity contribution in [2.75, 3.05) is 0 Å². The molecule has 0 saturated carbocycles. The summed E-state index contributed by atoms with van der Waals surface area (Å²) in [5.41, 5.74) is 11.5. The normalized spacial score (nSPS) is 12.0. The van der Waals surface area contributed by atoms with E-state index in [1.165, 1.54) is 64.1 Å². The number of thiophene rings is 1. The number of para-hydroxylation sites is 1. The van der Waals surface area contributed by atoms with Crippen LogP contribution in [-0.2, 0) is 0 Å². The first-order chi connectivity index (χ1) is 25.2. The molecule has 6 aromatic carbocycles. The molecule has 0 aliphatic heterocycles. The average Bonchev–Trinajstić information content (AvgIpc) is 3.82. The molecule has 10 rings (SSSR count). The molecule has 0 spiro atoms. The molecule has 0 saturated heterocycles. The lowest BCUT2D eigenvalue weighted by molar-refractivity contribution is 0.993. The van der Waals surface area contributed by atoms with Crippen LogP contribution in [-0.4, -0.2) is 14.1 Å². The lowest BCUT2D eigenvalue weighted by atomic mass is 10.0. The van der Waals surface area contributed by atoms with Crippen molar-refractivity contribution in [1.82, 2.24) is 14.1 Å². The first kappa shape index (κ1) is 29.7. The minimum Gasteiger partial charge on any atom is -0.307 e. The number of nitrogens with zero attached hydrogens (tertiary/aromatic N) is 3. The summed E-state index contributed by atoms with van der Waals surface area (Å²) in [5.74, 6) is 0.906. The minimum atomic E-state index is 0.906. The Balaban J connectivity index is 1.26. The second kappa shape index (κ2) is 11.7. The van der Waals surface area contributed by atoms with Crippen molar-refractivity contribution in [3.8, 4) is 33.9 Å². The van der Waals surface area contributed by atoms with E-state index in [0.29, 0.717) is 0 Å². The summed E-state index contributed by atoms with van der Waals surface area (Å²) in [6.45, 7) is 4.31. The Bertz CT molecular complexity index is 2990. The summed E-state index contributed by atoms with van der Waals surface area (Å²) < 4.78 is 7.48. The van der Waals surface area contributed by atoms with Crippen LogP contribution >= 0.6 is 11.3 Å². The van der Waals surface area contributed by atoms with Crippen LogP contribution in [0.15, 0.2) is 158 Å². The number of fused-ring (bicyclic) bond motifs is 8. The Kier molecular flexibility index (Phi) is 6.80. The zero-order valence-electron chi connectivity index (χ0n) is 28.3. The van der Waals surface area contributed by atoms with Gasteiger partial charge in [0, 0.05) is 58.8 Å². The zero-order chi connectivity index (χ0) is 34.1. The van der Waals surface area contributed by atoms with Gasteiger partial charge in [0.1, 0.15) is 5.82 Å². The molecule has 0 unspecified atom stereocenters. The Labute approximate surface area is 300 Å². The van der Waals surface area contributed by atoms with Crippen molar-refractivity contribution in [2.24, 2.45) is 0 Å². The Morgan fingerprint density at radius 2 is 1.24 bits per heavy atom. The first-order valence-electron chi connectivity index (χ1n) is 17.4. The molecular weight excluding hydrogens is 639 g/mol. The minimum absolute atomic E-state index is 0.906. The SMILES string of the molecule is C/C=C\c1c(C)n(-c2cccc(-c3ccccc3)n2)c2c1ccc1c3ccccc3n(-c3cccc(-c4ccc5sc6ccccc6c5c4)c3)c12. The van der Waals surface area contributed by atoms with Gasteiger partial charge in [0.2, 0.25) is 0 Å². The van der Waals surface area contributed by atoms with Gasteiger partial charge in [-0.05, 0) is 73.5 Å². The van der Waals surface area contributed by atoms with Gasteiger partial charge in [-0.3, -0.25) is 4.57 Å². The highest BCUT2D eigenvalue weighted by Crippen LogP contribution is 2.42. The number of benzene rings is 6. The van der Waals surface area contributed by atoms with Crippen LogP contribution < -0.4 is 0 Å². The molecule has 0 radical (unpaired) electrons. The number of pyridine rings is 1. The summed E-state index contributed by atoms with van der Waals surface area (Å²) >= 11 is 1.86. The van der Waals surface area contributed by atoms with Gasteiger partial charge >= 0.3 is 0 Å². The van der Waals surface area contributed by atoms with Crippen LogP contribution in [0, 0.1) is 6.92 Å². The molecule has 0 bridgehead atoms. The van der Waals surface area contributed by atoms with Gasteiger partial charge in [-0.2, -0.15) is 0 Å². The smallest absolute Gasteiger partial charge is 0.138 e. The molecule has 51 heavy (non-hydrogen) atoms. The van der Waals surface area contributed by atoms with Crippen LogP contribution in [0.25, 0.3) is 92.8 Å². The van der Waals surface area contributed by atoms with Crippen molar-refractivity contribution < 1.29 is 0 Å². The standard InChI is InChI=1S/C47H33N3S/c1-3-13-35-30(2)49(45-23-12-20-41(48-45)31-14-5-4-6-15-31)46-38(35)25-26-39-36-18-7-9-21-42(36)50(47(39)46)34-17-11-16-32(28-34)33-24-27-44-40(29-33)37-19-8-10-22-43(37)51-44/h3-29H,1-2H3/b13-3-. The molecule has 3 nitrogen and oxygen atoms in total. The van der Waals surface area contributed by atoms with E-state index in [-0.39, 0.29) is 0 Å². The van der Waals surface area contributed by atoms with E-state index >= 15 is 0 Å². The number of hydrogen-bond donors (Lipinski definition) is 0. The van der Waals surface area contributed by atoms with Gasteiger partial charge in [0.15, 0.2) is 0 Å². The van der Waals surface area contributed by atoms with Crippen LogP contribution in [0.1, 0.15) is 18.2 Å². The molecule has 0 aliphatic carbocycles. The van der Waals surface area contributed by atoms with Crippen molar-refractivity contribution in [3.05, 3.63) is 169 Å². The van der Waals surface area contributed by atoms with E-state index < -0.39 is 0 Å². The third-order valence-corrected chi connectivity index (χ3v) is 11.4. The Hall–Kier alpha value is -6.23. The van der Waals surface area contributed by atoms with Crippen LogP contribution in [0.3, 0.4) is 0 Å². The van der Waals surface area contributed by atoms with Crippen molar-refractivity contribution in [1.29, 1.82) is 0 Å². The van der Waals surface area contributed by atoms with E-state index in [4.69, 9.17) is 4.98 Å². The number of rotatable bonds is 5. The highest BCUT2D eigenvalue weighted by Gasteiger charge is 2.23. The lowest BCUT2D eigenvalue weighted by Gasteiger charge is -2.14. The second-order valence-corrected chi connectivity index (χ2v) is 14.2. The molecule has 0 aliphatic rings. The van der Waals surface area contributed by atoms with Crippen LogP contribution in [0.5, 0.6) is 0 Å². The number of hydrogen-bond acceptors (Lipinski definition) is 2. The zero-order valence-corrected chi connectivity index (χ0v) is 29.2. The lowest BCUT2D eigenvalue weighted by Crippen LogP contribution is -2.03. The van der Waals surface area contributed by atoms with Crippen molar-refractivity contribution in [2.45, 2.75) is 13.8 Å². The molecule has 10 aromatic rings. The summed E-state index contributed by atoms with van der Waals surface area (Å²) in [6, 6.07) is 54.8. The summed E-state index contributed by atoms with van der Waals surface area (Å²) in [7, 11) is 0. The molecule has 0 atom stereocenters. The third-order valence-electron chi connectivity index (χ3n) is 10.2. The topological polar surface area (TPSA) is 22.8 Å². The van der Waals surface area contributed by atoms with Crippen molar-refractivity contribution >= 4 is 70.3 Å². The fraction of sp³-hybridized carbons (Fsp3) is 0.0426. The van der Waals surface area contributed by atoms with Crippen LogP contribution in [0.2, 0.25) is 0 Å². The summed E-state index contributed by atoms with van der Waals surface area (Å²) in [5, 5.41) is 6.29. The Morgan fingerprint density at radius 1 is 0.529 bits per heavy atom. The predicted molar refractivity (Wildman–Crippen MR) is 219 cm³/mol. The summed E-state index contributed by atoms with van der Waals surface area (Å²) in [6.07, 6.45) is 4.37. The third kappa shape index (κ3) is 4.61. The first-order valence-corrected chi connectivity index (χ1v) is 18.2. The fourth-order valence-corrected chi connectivity index (χ4v) is 9.03. The van der Waals surface area contributed by atoms with E-state index in [1.54, 1.807) is 0 Å². The maximum Gasteiger partial charge on any atom is 0.138 e. The molecule has 0 amide bonds. The fourth-order valence-electron chi connectivity index (χ4n) is 7.95. The second-order valence-electron chi connectivity index (χ2n) is 13.2. The van der Waals surface area contributed by atoms with Crippen LogP contribution in [0.4, 0.5) is 0 Å². The summed E-state index contributed by atoms with van der Waals surface area (Å²) in [4.78, 5) is 5.29. The van der Waals surface area contributed by atoms with Gasteiger partial charge in [-0.25, -0.2) is 4.98 Å².